The van der Waals surface area contributed by atoms with Gasteiger partial charge in [0, 0.05) is 18.9 Å². The van der Waals surface area contributed by atoms with Crippen LogP contribution in [0.3, 0.4) is 0 Å². The van der Waals surface area contributed by atoms with Gasteiger partial charge in [-0.3, -0.25) is 0 Å². The summed E-state index contributed by atoms with van der Waals surface area (Å²) in [6.07, 6.45) is -0.139. The standard InChI is InChI=1S/C24H27NO5/c26-21-12-24(30-14-22(21)27)10-5-11-25(15-24)23(28)29-13-20-18-8-3-1-6-16(18)17-7-2-4-9-19(17)20/h1-4,6-9,20-22,26-27H,5,10-15H2/t21-,22+,24?/m0/s1. The number of amides is 1. The van der Waals surface area contributed by atoms with E-state index in [1.54, 1.807) is 4.90 Å². The van der Waals surface area contributed by atoms with Gasteiger partial charge in [-0.1, -0.05) is 48.5 Å². The number of rotatable bonds is 2. The zero-order valence-electron chi connectivity index (χ0n) is 16.9. The fourth-order valence-corrected chi connectivity index (χ4v) is 5.17. The molecule has 2 saturated heterocycles. The normalized spacial score (nSPS) is 28.3. The van der Waals surface area contributed by atoms with Crippen LogP contribution >= 0.6 is 0 Å². The van der Waals surface area contributed by atoms with Crippen molar-refractivity contribution >= 4 is 6.09 Å². The van der Waals surface area contributed by atoms with Crippen LogP contribution < -0.4 is 0 Å². The van der Waals surface area contributed by atoms with Crippen molar-refractivity contribution in [1.82, 2.24) is 4.90 Å². The summed E-state index contributed by atoms with van der Waals surface area (Å²) >= 11 is 0. The first-order valence-electron chi connectivity index (χ1n) is 10.7. The predicted molar refractivity (Wildman–Crippen MR) is 111 cm³/mol. The van der Waals surface area contributed by atoms with E-state index in [1.165, 1.54) is 22.3 Å². The highest BCUT2D eigenvalue weighted by Gasteiger charge is 2.45. The third-order valence-electron chi connectivity index (χ3n) is 6.72. The zero-order chi connectivity index (χ0) is 20.7. The Kier molecular flexibility index (Phi) is 5.01. The first kappa shape index (κ1) is 19.5. The average Bonchev–Trinajstić information content (AvgIpc) is 3.09. The van der Waals surface area contributed by atoms with E-state index in [2.05, 4.69) is 24.3 Å². The van der Waals surface area contributed by atoms with Crippen molar-refractivity contribution in [3.8, 4) is 11.1 Å². The van der Waals surface area contributed by atoms with E-state index in [-0.39, 0.29) is 18.6 Å². The van der Waals surface area contributed by atoms with Crippen LogP contribution in [0.2, 0.25) is 0 Å². The summed E-state index contributed by atoms with van der Waals surface area (Å²) in [6, 6.07) is 16.6. The summed E-state index contributed by atoms with van der Waals surface area (Å²) in [5.41, 5.74) is 4.19. The highest BCUT2D eigenvalue weighted by molar-refractivity contribution is 5.79. The molecule has 5 rings (SSSR count). The van der Waals surface area contributed by atoms with Gasteiger partial charge in [0.15, 0.2) is 0 Å². The van der Waals surface area contributed by atoms with Crippen LogP contribution in [-0.4, -0.2) is 65.3 Å². The van der Waals surface area contributed by atoms with E-state index in [4.69, 9.17) is 9.47 Å². The summed E-state index contributed by atoms with van der Waals surface area (Å²) in [4.78, 5) is 14.6. The first-order chi connectivity index (χ1) is 14.6. The van der Waals surface area contributed by atoms with Crippen molar-refractivity contribution in [3.63, 3.8) is 0 Å². The van der Waals surface area contributed by atoms with Crippen LogP contribution in [0, 0.1) is 0 Å². The number of carbonyl (C=O) groups is 1. The fraction of sp³-hybridized carbons (Fsp3) is 0.458. The zero-order valence-corrected chi connectivity index (χ0v) is 16.9. The first-order valence-corrected chi connectivity index (χ1v) is 10.7. The van der Waals surface area contributed by atoms with Gasteiger partial charge in [-0.25, -0.2) is 4.79 Å². The molecule has 6 heteroatoms. The number of likely N-dealkylation sites (tertiary alicyclic amines) is 1. The van der Waals surface area contributed by atoms with Gasteiger partial charge in [0.05, 0.1) is 24.9 Å². The number of piperidine rings is 1. The average molecular weight is 409 g/mol. The molecule has 2 aromatic rings. The molecule has 2 aromatic carbocycles. The molecule has 6 nitrogen and oxygen atoms in total. The number of carbonyl (C=O) groups excluding carboxylic acids is 1. The van der Waals surface area contributed by atoms with E-state index in [1.807, 2.05) is 24.3 Å². The topological polar surface area (TPSA) is 79.2 Å². The Morgan fingerprint density at radius 3 is 2.40 bits per heavy atom. The molecule has 1 amide bonds. The van der Waals surface area contributed by atoms with Crippen LogP contribution in [0.1, 0.15) is 36.3 Å². The molecule has 1 unspecified atom stereocenters. The van der Waals surface area contributed by atoms with Gasteiger partial charge < -0.3 is 24.6 Å². The molecule has 3 aliphatic rings. The van der Waals surface area contributed by atoms with Gasteiger partial charge in [0.2, 0.25) is 0 Å². The lowest BCUT2D eigenvalue weighted by Crippen LogP contribution is -2.58. The minimum absolute atomic E-state index is 0.0306. The monoisotopic (exact) mass is 409 g/mol. The van der Waals surface area contributed by atoms with Crippen molar-refractivity contribution in [1.29, 1.82) is 0 Å². The largest absolute Gasteiger partial charge is 0.448 e. The van der Waals surface area contributed by atoms with Crippen molar-refractivity contribution in [2.24, 2.45) is 0 Å². The summed E-state index contributed by atoms with van der Waals surface area (Å²) in [7, 11) is 0. The molecule has 1 aliphatic carbocycles. The van der Waals surface area contributed by atoms with E-state index >= 15 is 0 Å². The quantitative estimate of drug-likeness (QED) is 0.797. The van der Waals surface area contributed by atoms with Gasteiger partial charge in [-0.15, -0.1) is 0 Å². The number of nitrogens with zero attached hydrogens (tertiary/aromatic N) is 1. The lowest BCUT2D eigenvalue weighted by atomic mass is 9.84. The summed E-state index contributed by atoms with van der Waals surface area (Å²) in [6.45, 7) is 1.38. The predicted octanol–water partition coefficient (Wildman–Crippen LogP) is 2.91. The third kappa shape index (κ3) is 3.39. The second-order valence-corrected chi connectivity index (χ2v) is 8.66. The maximum Gasteiger partial charge on any atom is 0.409 e. The van der Waals surface area contributed by atoms with Crippen molar-refractivity contribution in [2.75, 3.05) is 26.3 Å². The Balaban J connectivity index is 1.28. The van der Waals surface area contributed by atoms with Crippen molar-refractivity contribution < 1.29 is 24.5 Å². The van der Waals surface area contributed by atoms with Crippen LogP contribution in [0.15, 0.2) is 48.5 Å². The highest BCUT2D eigenvalue weighted by atomic mass is 16.6. The number of aliphatic hydroxyl groups excluding tert-OH is 2. The number of hydrogen-bond donors (Lipinski definition) is 2. The summed E-state index contributed by atoms with van der Waals surface area (Å²) < 4.78 is 11.7. The molecule has 2 fully saturated rings. The molecule has 2 heterocycles. The van der Waals surface area contributed by atoms with E-state index in [0.717, 1.165) is 12.8 Å². The number of hydrogen-bond acceptors (Lipinski definition) is 5. The van der Waals surface area contributed by atoms with Crippen LogP contribution in [-0.2, 0) is 9.47 Å². The number of benzene rings is 2. The van der Waals surface area contributed by atoms with Crippen LogP contribution in [0.4, 0.5) is 4.79 Å². The molecule has 2 aliphatic heterocycles. The third-order valence-corrected chi connectivity index (χ3v) is 6.72. The van der Waals surface area contributed by atoms with Crippen LogP contribution in [0.5, 0.6) is 0 Å². The molecular formula is C24H27NO5. The Bertz CT molecular complexity index is 901. The number of aliphatic hydroxyl groups is 2. The molecule has 0 aromatic heterocycles. The van der Waals surface area contributed by atoms with Crippen LogP contribution in [0.25, 0.3) is 11.1 Å². The molecule has 2 N–H and O–H groups in total. The molecule has 0 radical (unpaired) electrons. The lowest BCUT2D eigenvalue weighted by molar-refractivity contribution is -0.187. The SMILES string of the molecule is O=C(OCC1c2ccccc2-c2ccccc21)N1CCCC2(C[C@H](O)[C@H](O)CO2)C1. The Labute approximate surface area is 176 Å². The molecule has 3 atom stereocenters. The molecule has 0 saturated carbocycles. The summed E-state index contributed by atoms with van der Waals surface area (Å²) in [5.74, 6) is 0.0306. The fourth-order valence-electron chi connectivity index (χ4n) is 5.17. The summed E-state index contributed by atoms with van der Waals surface area (Å²) in [5, 5.41) is 19.8. The Hall–Kier alpha value is -2.41. The minimum Gasteiger partial charge on any atom is -0.448 e. The lowest BCUT2D eigenvalue weighted by Gasteiger charge is -2.46. The molecule has 30 heavy (non-hydrogen) atoms. The molecule has 0 bridgehead atoms. The molecule has 158 valence electrons. The van der Waals surface area contributed by atoms with Gasteiger partial charge in [0.1, 0.15) is 12.7 Å². The van der Waals surface area contributed by atoms with Gasteiger partial charge in [-0.05, 0) is 35.1 Å². The number of ether oxygens (including phenoxy) is 2. The van der Waals surface area contributed by atoms with Gasteiger partial charge >= 0.3 is 6.09 Å². The maximum absolute atomic E-state index is 12.9. The van der Waals surface area contributed by atoms with Crippen molar-refractivity contribution in [2.45, 2.75) is 43.0 Å². The second kappa shape index (κ2) is 7.69. The van der Waals surface area contributed by atoms with Gasteiger partial charge in [0.25, 0.3) is 0 Å². The maximum atomic E-state index is 12.9. The Morgan fingerprint density at radius 2 is 1.73 bits per heavy atom. The van der Waals surface area contributed by atoms with E-state index in [9.17, 15) is 15.0 Å². The Morgan fingerprint density at radius 1 is 1.07 bits per heavy atom. The smallest absolute Gasteiger partial charge is 0.409 e. The van der Waals surface area contributed by atoms with Crippen molar-refractivity contribution in [3.05, 3.63) is 59.7 Å². The number of fused-ring (bicyclic) bond motifs is 3. The second-order valence-electron chi connectivity index (χ2n) is 8.66. The molecule has 1 spiro atoms. The molecular weight excluding hydrogens is 382 g/mol. The highest BCUT2D eigenvalue weighted by Crippen LogP contribution is 2.44. The van der Waals surface area contributed by atoms with E-state index in [0.29, 0.717) is 26.1 Å². The van der Waals surface area contributed by atoms with E-state index < -0.39 is 17.8 Å². The van der Waals surface area contributed by atoms with Gasteiger partial charge in [-0.2, -0.15) is 0 Å². The minimum atomic E-state index is -0.861.